The van der Waals surface area contributed by atoms with Gasteiger partial charge >= 0.3 is 5.97 Å². The van der Waals surface area contributed by atoms with E-state index in [-0.39, 0.29) is 5.78 Å². The molecule has 0 heterocycles. The molecular formula is C22H24O5. The third-order valence-electron chi connectivity index (χ3n) is 3.82. The molecule has 0 unspecified atom stereocenters. The molecule has 2 rings (SSSR count). The number of ether oxygens (including phenoxy) is 3. The van der Waals surface area contributed by atoms with Crippen LogP contribution in [0.3, 0.4) is 0 Å². The number of carbonyl (C=O) groups is 2. The van der Waals surface area contributed by atoms with Crippen LogP contribution in [0.5, 0.6) is 11.5 Å². The third kappa shape index (κ3) is 5.71. The normalized spacial score (nSPS) is 11.3. The number of allylic oxidation sites excluding steroid dienone is 1. The number of benzene rings is 2. The number of methoxy groups -OCH3 is 1. The monoisotopic (exact) mass is 368 g/mol. The molecule has 2 aromatic carbocycles. The van der Waals surface area contributed by atoms with E-state index in [0.29, 0.717) is 23.7 Å². The van der Waals surface area contributed by atoms with Crippen LogP contribution in [-0.2, 0) is 9.53 Å². The van der Waals surface area contributed by atoms with Crippen LogP contribution in [0, 0.1) is 0 Å². The Bertz CT molecular complexity index is 802. The molecular weight excluding hydrogens is 344 g/mol. The number of rotatable bonds is 8. The van der Waals surface area contributed by atoms with Crippen molar-refractivity contribution >= 4 is 17.8 Å². The van der Waals surface area contributed by atoms with Gasteiger partial charge < -0.3 is 14.2 Å². The van der Waals surface area contributed by atoms with E-state index < -0.39 is 11.6 Å². The fraction of sp³-hybridized carbons (Fsp3) is 0.273. The quantitative estimate of drug-likeness (QED) is 0.395. The summed E-state index contributed by atoms with van der Waals surface area (Å²) in [7, 11) is 1.58. The molecule has 0 bridgehead atoms. The predicted molar refractivity (Wildman–Crippen MR) is 104 cm³/mol. The summed E-state index contributed by atoms with van der Waals surface area (Å²) in [6, 6.07) is 14.1. The van der Waals surface area contributed by atoms with Gasteiger partial charge in [0.05, 0.1) is 13.7 Å². The lowest BCUT2D eigenvalue weighted by atomic mass is 10.1. The first-order valence-corrected chi connectivity index (χ1v) is 8.68. The molecule has 0 radical (unpaired) electrons. The van der Waals surface area contributed by atoms with Crippen LogP contribution in [0.4, 0.5) is 0 Å². The minimum Gasteiger partial charge on any atom is -0.497 e. The van der Waals surface area contributed by atoms with Crippen molar-refractivity contribution in [3.63, 3.8) is 0 Å². The summed E-state index contributed by atoms with van der Waals surface area (Å²) in [6.45, 7) is 5.37. The molecule has 0 aliphatic carbocycles. The van der Waals surface area contributed by atoms with Crippen LogP contribution in [0.25, 0.3) is 6.08 Å². The molecule has 27 heavy (non-hydrogen) atoms. The second kappa shape index (κ2) is 9.03. The van der Waals surface area contributed by atoms with Crippen LogP contribution >= 0.6 is 0 Å². The molecule has 0 fully saturated rings. The Morgan fingerprint density at radius 3 is 2.11 bits per heavy atom. The van der Waals surface area contributed by atoms with Gasteiger partial charge in [-0.25, -0.2) is 4.79 Å². The van der Waals surface area contributed by atoms with Gasteiger partial charge in [0.2, 0.25) is 0 Å². The maximum Gasteiger partial charge on any atom is 0.349 e. The van der Waals surface area contributed by atoms with Crippen molar-refractivity contribution in [2.24, 2.45) is 0 Å². The van der Waals surface area contributed by atoms with E-state index in [1.807, 2.05) is 12.1 Å². The molecule has 0 saturated carbocycles. The molecule has 142 valence electrons. The molecule has 5 nitrogen and oxygen atoms in total. The average molecular weight is 368 g/mol. The third-order valence-corrected chi connectivity index (χ3v) is 3.82. The Balaban J connectivity index is 2.01. The summed E-state index contributed by atoms with van der Waals surface area (Å²) in [4.78, 5) is 24.1. The first-order valence-electron chi connectivity index (χ1n) is 8.68. The highest BCUT2D eigenvalue weighted by atomic mass is 16.6. The van der Waals surface area contributed by atoms with Crippen molar-refractivity contribution in [1.29, 1.82) is 0 Å². The van der Waals surface area contributed by atoms with E-state index in [1.165, 1.54) is 6.08 Å². The first kappa shape index (κ1) is 20.2. The van der Waals surface area contributed by atoms with Crippen molar-refractivity contribution < 1.29 is 23.8 Å². The van der Waals surface area contributed by atoms with E-state index in [1.54, 1.807) is 70.4 Å². The lowest BCUT2D eigenvalue weighted by molar-refractivity contribution is -0.158. The minimum atomic E-state index is -1.07. The van der Waals surface area contributed by atoms with Gasteiger partial charge in [0.15, 0.2) is 11.4 Å². The van der Waals surface area contributed by atoms with Gasteiger partial charge in [0, 0.05) is 5.56 Å². The van der Waals surface area contributed by atoms with Gasteiger partial charge in [-0.1, -0.05) is 18.2 Å². The fourth-order valence-electron chi connectivity index (χ4n) is 2.31. The minimum absolute atomic E-state index is 0.0959. The van der Waals surface area contributed by atoms with Crippen LogP contribution in [0.15, 0.2) is 54.6 Å². The molecule has 2 aromatic rings. The molecule has 0 atom stereocenters. The van der Waals surface area contributed by atoms with Gasteiger partial charge in [-0.2, -0.15) is 0 Å². The Kier molecular flexibility index (Phi) is 6.77. The number of hydrogen-bond donors (Lipinski definition) is 0. The Morgan fingerprint density at radius 2 is 1.56 bits per heavy atom. The van der Waals surface area contributed by atoms with Crippen LogP contribution in [0.1, 0.15) is 36.7 Å². The van der Waals surface area contributed by atoms with Crippen molar-refractivity contribution in [2.45, 2.75) is 26.4 Å². The van der Waals surface area contributed by atoms with Crippen LogP contribution in [-0.4, -0.2) is 31.1 Å². The maximum absolute atomic E-state index is 12.2. The summed E-state index contributed by atoms with van der Waals surface area (Å²) in [5.74, 6) is 0.740. The Labute approximate surface area is 159 Å². The second-order valence-electron chi connectivity index (χ2n) is 6.33. The lowest BCUT2D eigenvalue weighted by Crippen LogP contribution is -2.39. The summed E-state index contributed by atoms with van der Waals surface area (Å²) >= 11 is 0. The van der Waals surface area contributed by atoms with Gasteiger partial charge in [-0.15, -0.1) is 0 Å². The molecule has 0 aromatic heterocycles. The van der Waals surface area contributed by atoms with Crippen molar-refractivity contribution in [3.8, 4) is 11.5 Å². The first-order chi connectivity index (χ1) is 12.9. The van der Waals surface area contributed by atoms with E-state index in [0.717, 1.165) is 5.56 Å². The lowest BCUT2D eigenvalue weighted by Gasteiger charge is -2.24. The summed E-state index contributed by atoms with van der Waals surface area (Å²) in [5, 5.41) is 0. The zero-order valence-electron chi connectivity index (χ0n) is 16.0. The SMILES string of the molecule is CCOC(=O)C(C)(C)Oc1ccc(C=CC(=O)c2ccc(OC)cc2)cc1. The topological polar surface area (TPSA) is 61.8 Å². The van der Waals surface area contributed by atoms with Gasteiger partial charge in [0.1, 0.15) is 11.5 Å². The summed E-state index contributed by atoms with van der Waals surface area (Å²) < 4.78 is 15.8. The highest BCUT2D eigenvalue weighted by Gasteiger charge is 2.31. The number of esters is 1. The smallest absolute Gasteiger partial charge is 0.349 e. The van der Waals surface area contributed by atoms with E-state index in [2.05, 4.69) is 0 Å². The largest absolute Gasteiger partial charge is 0.497 e. The number of carbonyl (C=O) groups excluding carboxylic acids is 2. The second-order valence-corrected chi connectivity index (χ2v) is 6.33. The number of ketones is 1. The van der Waals surface area contributed by atoms with E-state index in [4.69, 9.17) is 14.2 Å². The van der Waals surface area contributed by atoms with Gasteiger partial charge in [0.25, 0.3) is 0 Å². The van der Waals surface area contributed by atoms with Gasteiger partial charge in [-0.05, 0) is 68.8 Å². The molecule has 0 aliphatic heterocycles. The predicted octanol–water partition coefficient (Wildman–Crippen LogP) is 4.31. The Hall–Kier alpha value is -3.08. The maximum atomic E-state index is 12.2. The van der Waals surface area contributed by atoms with Crippen LogP contribution < -0.4 is 9.47 Å². The molecule has 0 spiro atoms. The van der Waals surface area contributed by atoms with Crippen molar-refractivity contribution in [2.75, 3.05) is 13.7 Å². The van der Waals surface area contributed by atoms with E-state index in [9.17, 15) is 9.59 Å². The van der Waals surface area contributed by atoms with Crippen molar-refractivity contribution in [1.82, 2.24) is 0 Å². The standard InChI is InChI=1S/C22H24O5/c1-5-26-21(24)22(2,3)27-19-11-6-16(7-12-19)8-15-20(23)17-9-13-18(25-4)14-10-17/h6-15H,5H2,1-4H3. The van der Waals surface area contributed by atoms with Crippen molar-refractivity contribution in [3.05, 3.63) is 65.7 Å². The zero-order valence-corrected chi connectivity index (χ0v) is 16.0. The fourth-order valence-corrected chi connectivity index (χ4v) is 2.31. The molecule has 0 aliphatic rings. The molecule has 0 saturated heterocycles. The van der Waals surface area contributed by atoms with E-state index >= 15 is 0 Å². The molecule has 0 amide bonds. The summed E-state index contributed by atoms with van der Waals surface area (Å²) in [6.07, 6.45) is 3.24. The number of hydrogen-bond acceptors (Lipinski definition) is 5. The molecule has 0 N–H and O–H groups in total. The van der Waals surface area contributed by atoms with Crippen LogP contribution in [0.2, 0.25) is 0 Å². The summed E-state index contributed by atoms with van der Waals surface area (Å²) in [5.41, 5.74) is 0.360. The van der Waals surface area contributed by atoms with Gasteiger partial charge in [-0.3, -0.25) is 4.79 Å². The zero-order chi connectivity index (χ0) is 19.9. The highest BCUT2D eigenvalue weighted by molar-refractivity contribution is 6.06. The highest BCUT2D eigenvalue weighted by Crippen LogP contribution is 2.21. The Morgan fingerprint density at radius 1 is 0.963 bits per heavy atom. The molecule has 5 heteroatoms. The average Bonchev–Trinajstić information content (AvgIpc) is 2.67.